The number of para-hydroxylation sites is 1. The largest absolute Gasteiger partial charge is 0.496 e. The predicted molar refractivity (Wildman–Crippen MR) is 138 cm³/mol. The van der Waals surface area contributed by atoms with Gasteiger partial charge in [-0.2, -0.15) is 0 Å². The van der Waals surface area contributed by atoms with Crippen molar-refractivity contribution in [3.63, 3.8) is 0 Å². The molecule has 2 heterocycles. The molecule has 0 bridgehead atoms. The highest BCUT2D eigenvalue weighted by atomic mass is 16.5. The summed E-state index contributed by atoms with van der Waals surface area (Å²) >= 11 is 0. The zero-order valence-electron chi connectivity index (χ0n) is 21.2. The molecule has 0 radical (unpaired) electrons. The average Bonchev–Trinajstić information content (AvgIpc) is 3.40. The smallest absolute Gasteiger partial charge is 0.225 e. The second-order valence-corrected chi connectivity index (χ2v) is 9.79. The highest BCUT2D eigenvalue weighted by Gasteiger charge is 2.41. The highest BCUT2D eigenvalue weighted by molar-refractivity contribution is 5.85. The van der Waals surface area contributed by atoms with Crippen LogP contribution < -0.4 is 10.1 Å². The van der Waals surface area contributed by atoms with Crippen LogP contribution in [-0.4, -0.2) is 48.4 Å². The molecule has 4 rings (SSSR count). The molecule has 2 fully saturated rings. The fourth-order valence-electron chi connectivity index (χ4n) is 5.40. The van der Waals surface area contributed by atoms with E-state index in [9.17, 15) is 9.59 Å². The number of benzene rings is 2. The van der Waals surface area contributed by atoms with E-state index < -0.39 is 0 Å². The lowest BCUT2D eigenvalue weighted by atomic mass is 9.83. The number of nitrogens with zero attached hydrogens (tertiary/aromatic N) is 2. The van der Waals surface area contributed by atoms with Crippen LogP contribution in [0.4, 0.5) is 0 Å². The van der Waals surface area contributed by atoms with Gasteiger partial charge in [-0.1, -0.05) is 55.8 Å². The number of hydrogen-bond donors (Lipinski definition) is 1. The summed E-state index contributed by atoms with van der Waals surface area (Å²) in [5.41, 5.74) is 3.31. The first kappa shape index (κ1) is 25.2. The monoisotopic (exact) mass is 477 g/mol. The molecule has 2 aromatic carbocycles. The lowest BCUT2D eigenvalue weighted by Crippen LogP contribution is -2.48. The fraction of sp³-hybridized carbons (Fsp3) is 0.517. The molecule has 1 N–H and O–H groups in total. The number of methoxy groups -OCH3 is 1. The van der Waals surface area contributed by atoms with Gasteiger partial charge in [0.15, 0.2) is 0 Å². The molecule has 0 aliphatic carbocycles. The zero-order valence-corrected chi connectivity index (χ0v) is 21.2. The molecule has 2 unspecified atom stereocenters. The Morgan fingerprint density at radius 1 is 1.06 bits per heavy atom. The molecular formula is C29H39N3O3. The molecule has 188 valence electrons. The van der Waals surface area contributed by atoms with E-state index in [2.05, 4.69) is 41.4 Å². The number of hydrogen-bond acceptors (Lipinski definition) is 4. The first-order valence-electron chi connectivity index (χ1n) is 13.1. The van der Waals surface area contributed by atoms with Crippen molar-refractivity contribution in [1.29, 1.82) is 0 Å². The van der Waals surface area contributed by atoms with Gasteiger partial charge in [0.25, 0.3) is 0 Å². The molecule has 0 saturated carbocycles. The molecule has 2 aromatic rings. The SMILES string of the molecule is CCCCN1C(=O)CCC(C(=O)NCc2ccc(CN3CCCC3)cc2)C1c1ccccc1OC. The molecule has 6 nitrogen and oxygen atoms in total. The molecular weight excluding hydrogens is 438 g/mol. The lowest BCUT2D eigenvalue weighted by molar-refractivity contribution is -0.143. The predicted octanol–water partition coefficient (Wildman–Crippen LogP) is 4.69. The Kier molecular flexibility index (Phi) is 8.80. The third kappa shape index (κ3) is 6.23. The summed E-state index contributed by atoms with van der Waals surface area (Å²) in [5.74, 6) is 0.526. The Morgan fingerprint density at radius 3 is 2.49 bits per heavy atom. The van der Waals surface area contributed by atoms with Crippen LogP contribution in [-0.2, 0) is 22.7 Å². The van der Waals surface area contributed by atoms with E-state index in [0.29, 0.717) is 25.9 Å². The van der Waals surface area contributed by atoms with Gasteiger partial charge in [0, 0.05) is 31.6 Å². The van der Waals surface area contributed by atoms with Gasteiger partial charge >= 0.3 is 0 Å². The Balaban J connectivity index is 1.46. The van der Waals surface area contributed by atoms with Crippen molar-refractivity contribution < 1.29 is 14.3 Å². The maximum Gasteiger partial charge on any atom is 0.225 e. The Hall–Kier alpha value is -2.86. The fourth-order valence-corrected chi connectivity index (χ4v) is 5.40. The van der Waals surface area contributed by atoms with Gasteiger partial charge in [0.2, 0.25) is 11.8 Å². The van der Waals surface area contributed by atoms with E-state index in [0.717, 1.165) is 36.3 Å². The summed E-state index contributed by atoms with van der Waals surface area (Å²) in [6, 6.07) is 16.0. The summed E-state index contributed by atoms with van der Waals surface area (Å²) in [6.45, 7) is 6.62. The maximum atomic E-state index is 13.5. The van der Waals surface area contributed by atoms with E-state index in [4.69, 9.17) is 4.74 Å². The van der Waals surface area contributed by atoms with Crippen LogP contribution in [0.3, 0.4) is 0 Å². The third-order valence-corrected chi connectivity index (χ3v) is 7.35. The lowest BCUT2D eigenvalue weighted by Gasteiger charge is -2.41. The minimum Gasteiger partial charge on any atom is -0.496 e. The summed E-state index contributed by atoms with van der Waals surface area (Å²) in [7, 11) is 1.64. The average molecular weight is 478 g/mol. The van der Waals surface area contributed by atoms with Crippen molar-refractivity contribution in [3.8, 4) is 5.75 Å². The van der Waals surface area contributed by atoms with Crippen molar-refractivity contribution in [3.05, 3.63) is 65.2 Å². The molecule has 2 aliphatic heterocycles. The quantitative estimate of drug-likeness (QED) is 0.539. The van der Waals surface area contributed by atoms with Crippen LogP contribution in [0.1, 0.15) is 68.2 Å². The molecule has 35 heavy (non-hydrogen) atoms. The molecule has 2 saturated heterocycles. The van der Waals surface area contributed by atoms with Crippen molar-refractivity contribution in [2.24, 2.45) is 5.92 Å². The van der Waals surface area contributed by atoms with Crippen LogP contribution in [0.5, 0.6) is 5.75 Å². The van der Waals surface area contributed by atoms with Crippen LogP contribution in [0.15, 0.2) is 48.5 Å². The van der Waals surface area contributed by atoms with Gasteiger partial charge < -0.3 is 15.0 Å². The topological polar surface area (TPSA) is 61.9 Å². The number of rotatable bonds is 10. The van der Waals surface area contributed by atoms with E-state index in [1.54, 1.807) is 7.11 Å². The normalized spacial score (nSPS) is 20.7. The summed E-state index contributed by atoms with van der Waals surface area (Å²) in [5, 5.41) is 3.16. The van der Waals surface area contributed by atoms with Gasteiger partial charge in [-0.15, -0.1) is 0 Å². The Morgan fingerprint density at radius 2 is 1.77 bits per heavy atom. The molecule has 0 spiro atoms. The molecule has 2 amide bonds. The number of carbonyl (C=O) groups is 2. The molecule has 2 aliphatic rings. The van der Waals surface area contributed by atoms with Crippen molar-refractivity contribution in [2.75, 3.05) is 26.7 Å². The van der Waals surface area contributed by atoms with Crippen LogP contribution in [0, 0.1) is 5.92 Å². The second kappa shape index (κ2) is 12.2. The van der Waals surface area contributed by atoms with E-state index in [1.807, 2.05) is 29.2 Å². The molecule has 6 heteroatoms. The van der Waals surface area contributed by atoms with E-state index >= 15 is 0 Å². The Bertz CT molecular complexity index is 985. The van der Waals surface area contributed by atoms with Crippen molar-refractivity contribution in [2.45, 2.75) is 64.6 Å². The number of carbonyl (C=O) groups excluding carboxylic acids is 2. The van der Waals surface area contributed by atoms with Crippen molar-refractivity contribution >= 4 is 11.8 Å². The minimum absolute atomic E-state index is 0.00366. The zero-order chi connectivity index (χ0) is 24.6. The maximum absolute atomic E-state index is 13.5. The Labute approximate surface area is 209 Å². The number of nitrogens with one attached hydrogen (secondary N) is 1. The van der Waals surface area contributed by atoms with Crippen LogP contribution in [0.25, 0.3) is 0 Å². The van der Waals surface area contributed by atoms with E-state index in [-0.39, 0.29) is 23.8 Å². The van der Waals surface area contributed by atoms with Gasteiger partial charge in [0.05, 0.1) is 19.1 Å². The summed E-state index contributed by atoms with van der Waals surface area (Å²) in [4.78, 5) is 30.8. The van der Waals surface area contributed by atoms with Gasteiger partial charge in [0.1, 0.15) is 5.75 Å². The third-order valence-electron chi connectivity index (χ3n) is 7.35. The summed E-state index contributed by atoms with van der Waals surface area (Å²) < 4.78 is 5.63. The van der Waals surface area contributed by atoms with Crippen LogP contribution >= 0.6 is 0 Å². The standard InChI is InChI=1S/C29H39N3O3/c1-3-4-19-32-27(33)16-15-25(28(32)24-9-5-6-10-26(24)35-2)29(34)30-20-22-11-13-23(14-12-22)21-31-17-7-8-18-31/h5-6,9-14,25,28H,3-4,7-8,15-21H2,1-2H3,(H,30,34). The highest BCUT2D eigenvalue weighted by Crippen LogP contribution is 2.40. The number of amides is 2. The second-order valence-electron chi connectivity index (χ2n) is 9.79. The first-order valence-corrected chi connectivity index (χ1v) is 13.1. The summed E-state index contributed by atoms with van der Waals surface area (Å²) in [6.07, 6.45) is 5.44. The molecule has 2 atom stereocenters. The number of likely N-dealkylation sites (tertiary alicyclic amines) is 2. The van der Waals surface area contributed by atoms with Crippen LogP contribution in [0.2, 0.25) is 0 Å². The number of unbranched alkanes of at least 4 members (excludes halogenated alkanes) is 1. The number of piperidine rings is 1. The van der Waals surface area contributed by atoms with Gasteiger partial charge in [-0.3, -0.25) is 14.5 Å². The first-order chi connectivity index (χ1) is 17.1. The molecule has 0 aromatic heterocycles. The number of ether oxygens (including phenoxy) is 1. The van der Waals surface area contributed by atoms with Crippen molar-refractivity contribution in [1.82, 2.24) is 15.1 Å². The minimum atomic E-state index is -0.318. The van der Waals surface area contributed by atoms with Gasteiger partial charge in [-0.05, 0) is 56.0 Å². The van der Waals surface area contributed by atoms with Gasteiger partial charge in [-0.25, -0.2) is 0 Å². The van der Waals surface area contributed by atoms with E-state index in [1.165, 1.54) is 31.5 Å².